The average molecular weight is 230 g/mol. The van der Waals surface area contributed by atoms with Gasteiger partial charge in [-0.15, -0.1) is 0 Å². The van der Waals surface area contributed by atoms with Gasteiger partial charge in [-0.1, -0.05) is 23.8 Å². The standard InChI is InChI=1S/C8H10N2O4S/c1-2-15-7-3-5(10-14-7)8(13)9-4-6(11)12/h3H,2,4H2,1H3,(H,9,13)(H,11,12). The number of aliphatic carboxylic acids is 1. The Morgan fingerprint density at radius 2 is 2.40 bits per heavy atom. The lowest BCUT2D eigenvalue weighted by Gasteiger charge is -1.96. The minimum Gasteiger partial charge on any atom is -0.480 e. The summed E-state index contributed by atoms with van der Waals surface area (Å²) in [5.74, 6) is -0.843. The molecule has 6 nitrogen and oxygen atoms in total. The summed E-state index contributed by atoms with van der Waals surface area (Å²) in [6, 6.07) is 1.48. The number of aromatic nitrogens is 1. The molecule has 0 aliphatic rings. The molecule has 1 amide bonds. The minimum atomic E-state index is -1.10. The van der Waals surface area contributed by atoms with Crippen molar-refractivity contribution >= 4 is 23.6 Å². The van der Waals surface area contributed by atoms with Crippen LogP contribution in [0, 0.1) is 0 Å². The number of nitrogens with one attached hydrogen (secondary N) is 1. The van der Waals surface area contributed by atoms with Gasteiger partial charge in [0, 0.05) is 6.07 Å². The van der Waals surface area contributed by atoms with Crippen LogP contribution >= 0.6 is 11.8 Å². The Morgan fingerprint density at radius 3 is 3.00 bits per heavy atom. The first-order valence-electron chi connectivity index (χ1n) is 4.23. The van der Waals surface area contributed by atoms with Crippen molar-refractivity contribution in [1.82, 2.24) is 10.5 Å². The first-order valence-corrected chi connectivity index (χ1v) is 5.21. The highest BCUT2D eigenvalue weighted by Crippen LogP contribution is 2.17. The van der Waals surface area contributed by atoms with Gasteiger partial charge in [0.05, 0.1) is 0 Å². The van der Waals surface area contributed by atoms with E-state index in [4.69, 9.17) is 9.63 Å². The Bertz CT molecular complexity index is 363. The quantitative estimate of drug-likeness (QED) is 0.719. The summed E-state index contributed by atoms with van der Waals surface area (Å²) in [6.45, 7) is 1.51. The third kappa shape index (κ3) is 3.62. The maximum atomic E-state index is 11.3. The van der Waals surface area contributed by atoms with Gasteiger partial charge in [-0.3, -0.25) is 9.59 Å². The van der Waals surface area contributed by atoms with Crippen molar-refractivity contribution in [3.05, 3.63) is 11.8 Å². The Morgan fingerprint density at radius 1 is 1.67 bits per heavy atom. The number of carbonyl (C=O) groups excluding carboxylic acids is 1. The molecule has 0 saturated carbocycles. The Labute approximate surface area is 90.0 Å². The summed E-state index contributed by atoms with van der Waals surface area (Å²) in [5.41, 5.74) is 0.0900. The molecule has 0 atom stereocenters. The maximum Gasteiger partial charge on any atom is 0.322 e. The minimum absolute atomic E-state index is 0.0900. The van der Waals surface area contributed by atoms with E-state index in [1.165, 1.54) is 17.8 Å². The normalized spacial score (nSPS) is 9.93. The second-order valence-electron chi connectivity index (χ2n) is 2.54. The van der Waals surface area contributed by atoms with E-state index in [9.17, 15) is 9.59 Å². The van der Waals surface area contributed by atoms with Gasteiger partial charge in [0.2, 0.25) is 0 Å². The number of hydrogen-bond donors (Lipinski definition) is 2. The number of rotatable bonds is 5. The summed E-state index contributed by atoms with van der Waals surface area (Å²) in [7, 11) is 0. The van der Waals surface area contributed by atoms with Gasteiger partial charge in [-0.2, -0.15) is 0 Å². The van der Waals surface area contributed by atoms with Crippen LogP contribution in [0.25, 0.3) is 0 Å². The van der Waals surface area contributed by atoms with Crippen molar-refractivity contribution in [2.45, 2.75) is 12.0 Å². The van der Waals surface area contributed by atoms with Crippen molar-refractivity contribution in [2.24, 2.45) is 0 Å². The van der Waals surface area contributed by atoms with Gasteiger partial charge in [-0.25, -0.2) is 0 Å². The molecule has 1 aromatic heterocycles. The van der Waals surface area contributed by atoms with E-state index < -0.39 is 18.4 Å². The molecule has 0 aliphatic heterocycles. The highest BCUT2D eigenvalue weighted by atomic mass is 32.2. The molecule has 7 heteroatoms. The van der Waals surface area contributed by atoms with Crippen molar-refractivity contribution in [3.63, 3.8) is 0 Å². The zero-order valence-corrected chi connectivity index (χ0v) is 8.84. The third-order valence-corrected chi connectivity index (χ3v) is 2.17. The molecular weight excluding hydrogens is 220 g/mol. The smallest absolute Gasteiger partial charge is 0.322 e. The Hall–Kier alpha value is -1.50. The molecule has 0 aliphatic carbocycles. The fourth-order valence-corrected chi connectivity index (χ4v) is 1.39. The van der Waals surface area contributed by atoms with Crippen molar-refractivity contribution in [1.29, 1.82) is 0 Å². The molecule has 15 heavy (non-hydrogen) atoms. The molecule has 0 aromatic carbocycles. The van der Waals surface area contributed by atoms with Crippen LogP contribution in [0.1, 0.15) is 17.4 Å². The molecule has 1 heterocycles. The number of carbonyl (C=O) groups is 2. The predicted octanol–water partition coefficient (Wildman–Crippen LogP) is 0.601. The van der Waals surface area contributed by atoms with Crippen LogP contribution in [0.15, 0.2) is 15.7 Å². The van der Waals surface area contributed by atoms with E-state index in [2.05, 4.69) is 10.5 Å². The molecule has 1 rings (SSSR count). The first-order chi connectivity index (χ1) is 7.13. The van der Waals surface area contributed by atoms with Gasteiger partial charge in [0.25, 0.3) is 5.91 Å². The third-order valence-electron chi connectivity index (χ3n) is 1.41. The summed E-state index contributed by atoms with van der Waals surface area (Å²) in [6.07, 6.45) is 0. The fraction of sp³-hybridized carbons (Fsp3) is 0.375. The number of thioether (sulfide) groups is 1. The van der Waals surface area contributed by atoms with E-state index in [-0.39, 0.29) is 5.69 Å². The second-order valence-corrected chi connectivity index (χ2v) is 3.81. The zero-order chi connectivity index (χ0) is 11.3. The summed E-state index contributed by atoms with van der Waals surface area (Å²) in [4.78, 5) is 21.4. The molecular formula is C8H10N2O4S. The van der Waals surface area contributed by atoms with E-state index in [0.717, 1.165) is 5.75 Å². The Balaban J connectivity index is 2.54. The number of carboxylic acid groups (broad SMARTS) is 1. The first kappa shape index (κ1) is 11.6. The lowest BCUT2D eigenvalue weighted by molar-refractivity contribution is -0.135. The molecule has 2 N–H and O–H groups in total. The molecule has 0 radical (unpaired) electrons. The van der Waals surface area contributed by atoms with Gasteiger partial charge in [0.1, 0.15) is 6.54 Å². The molecule has 1 aromatic rings. The number of carboxylic acids is 1. The largest absolute Gasteiger partial charge is 0.480 e. The topological polar surface area (TPSA) is 92.4 Å². The zero-order valence-electron chi connectivity index (χ0n) is 8.02. The average Bonchev–Trinajstić information content (AvgIpc) is 2.63. The highest BCUT2D eigenvalue weighted by molar-refractivity contribution is 7.99. The van der Waals surface area contributed by atoms with Crippen LogP contribution in [0.3, 0.4) is 0 Å². The molecule has 0 spiro atoms. The van der Waals surface area contributed by atoms with E-state index in [0.29, 0.717) is 5.09 Å². The van der Waals surface area contributed by atoms with E-state index in [1.807, 2.05) is 6.92 Å². The van der Waals surface area contributed by atoms with Gasteiger partial charge < -0.3 is 14.9 Å². The maximum absolute atomic E-state index is 11.3. The number of nitrogens with zero attached hydrogens (tertiary/aromatic N) is 1. The Kier molecular flexibility index (Phi) is 4.17. The monoisotopic (exact) mass is 230 g/mol. The molecule has 0 fully saturated rings. The number of hydrogen-bond acceptors (Lipinski definition) is 5. The van der Waals surface area contributed by atoms with Crippen LogP contribution in [-0.4, -0.2) is 34.4 Å². The highest BCUT2D eigenvalue weighted by Gasteiger charge is 2.12. The van der Waals surface area contributed by atoms with Crippen LogP contribution in [-0.2, 0) is 4.79 Å². The summed E-state index contributed by atoms with van der Waals surface area (Å²) < 4.78 is 4.84. The lowest BCUT2D eigenvalue weighted by atomic mass is 10.4. The van der Waals surface area contributed by atoms with Gasteiger partial charge in [-0.05, 0) is 5.75 Å². The lowest BCUT2D eigenvalue weighted by Crippen LogP contribution is -2.29. The summed E-state index contributed by atoms with van der Waals surface area (Å²) in [5, 5.41) is 14.6. The van der Waals surface area contributed by atoms with E-state index >= 15 is 0 Å². The van der Waals surface area contributed by atoms with Crippen molar-refractivity contribution in [2.75, 3.05) is 12.3 Å². The van der Waals surface area contributed by atoms with Crippen LogP contribution in [0.4, 0.5) is 0 Å². The fourth-order valence-electron chi connectivity index (χ4n) is 0.822. The van der Waals surface area contributed by atoms with E-state index in [1.54, 1.807) is 0 Å². The summed E-state index contributed by atoms with van der Waals surface area (Å²) >= 11 is 1.41. The second kappa shape index (κ2) is 5.40. The molecule has 0 bridgehead atoms. The van der Waals surface area contributed by atoms with Gasteiger partial charge in [0.15, 0.2) is 10.8 Å². The van der Waals surface area contributed by atoms with Crippen LogP contribution in [0.2, 0.25) is 0 Å². The predicted molar refractivity (Wildman–Crippen MR) is 52.9 cm³/mol. The van der Waals surface area contributed by atoms with Crippen LogP contribution < -0.4 is 5.32 Å². The van der Waals surface area contributed by atoms with Gasteiger partial charge >= 0.3 is 5.97 Å². The van der Waals surface area contributed by atoms with Crippen molar-refractivity contribution in [3.8, 4) is 0 Å². The van der Waals surface area contributed by atoms with Crippen molar-refractivity contribution < 1.29 is 19.2 Å². The number of amides is 1. The van der Waals surface area contributed by atoms with Crippen LogP contribution in [0.5, 0.6) is 0 Å². The SMILES string of the molecule is CCSc1cc(C(=O)NCC(=O)O)no1. The molecule has 0 unspecified atom stereocenters. The molecule has 0 saturated heterocycles. The molecule has 82 valence electrons.